The second kappa shape index (κ2) is 3.92. The van der Waals surface area contributed by atoms with Crippen molar-refractivity contribution in [1.82, 2.24) is 15.0 Å². The molecule has 0 fully saturated rings. The summed E-state index contributed by atoms with van der Waals surface area (Å²) in [5.41, 5.74) is 9.05. The van der Waals surface area contributed by atoms with Crippen LogP contribution in [0.5, 0.6) is 0 Å². The van der Waals surface area contributed by atoms with E-state index in [1.807, 2.05) is 0 Å². The first kappa shape index (κ1) is 10.3. The van der Waals surface area contributed by atoms with Crippen LogP contribution < -0.4 is 27.8 Å². The average molecular weight is 215 g/mol. The molecule has 0 aliphatic heterocycles. The molecule has 7 nitrogen and oxygen atoms in total. The number of nitrogens with zero attached hydrogens (tertiary/aromatic N) is 1. The van der Waals surface area contributed by atoms with Gasteiger partial charge in [-0.25, -0.2) is 4.79 Å². The molecule has 1 aromatic rings. The van der Waals surface area contributed by atoms with Crippen LogP contribution in [0.25, 0.3) is 0 Å². The van der Waals surface area contributed by atoms with Gasteiger partial charge in [-0.1, -0.05) is 0 Å². The van der Waals surface area contributed by atoms with Crippen LogP contribution in [-0.4, -0.2) is 14.7 Å². The maximum absolute atomic E-state index is 11.1. The van der Waals surface area contributed by atoms with Crippen molar-refractivity contribution in [3.63, 3.8) is 0 Å². The predicted molar refractivity (Wildman–Crippen MR) is 55.8 cm³/mol. The van der Waals surface area contributed by atoms with Crippen molar-refractivity contribution in [1.29, 1.82) is 0 Å². The summed E-state index contributed by atoms with van der Waals surface area (Å²) in [7, 11) is 1.49. The Bertz CT molecular complexity index is 462. The highest BCUT2D eigenvalue weighted by atomic mass is 32.1. The summed E-state index contributed by atoms with van der Waals surface area (Å²) in [5.74, 6) is 0.270. The molecule has 1 heterocycles. The molecular weight excluding hydrogens is 206 g/mol. The number of aromatic amines is 1. The van der Waals surface area contributed by atoms with Crippen LogP contribution in [0, 0.1) is 0 Å². The highest BCUT2D eigenvalue weighted by Crippen LogP contribution is 1.93. The summed E-state index contributed by atoms with van der Waals surface area (Å²) in [6.07, 6.45) is 0. The van der Waals surface area contributed by atoms with Gasteiger partial charge in [-0.2, -0.15) is 0 Å². The molecule has 0 unspecified atom stereocenters. The van der Waals surface area contributed by atoms with Gasteiger partial charge >= 0.3 is 5.69 Å². The minimum atomic E-state index is -0.523. The molecular formula is C6H9N5O2S. The third kappa shape index (κ3) is 2.33. The minimum absolute atomic E-state index is 0.0118. The van der Waals surface area contributed by atoms with Crippen LogP contribution >= 0.6 is 12.2 Å². The number of hydrogen-bond acceptors (Lipinski definition) is 4. The van der Waals surface area contributed by atoms with E-state index in [9.17, 15) is 9.59 Å². The molecule has 0 atom stereocenters. The smallest absolute Gasteiger partial charge is 0.329 e. The van der Waals surface area contributed by atoms with Crippen molar-refractivity contribution >= 4 is 23.1 Å². The number of anilines is 1. The first-order chi connectivity index (χ1) is 6.50. The van der Waals surface area contributed by atoms with Gasteiger partial charge in [0.05, 0.1) is 0 Å². The second-order valence-electron chi connectivity index (χ2n) is 2.50. The number of hydrazine groups is 1. The van der Waals surface area contributed by atoms with E-state index in [0.29, 0.717) is 0 Å². The van der Waals surface area contributed by atoms with Crippen LogP contribution in [0.4, 0.5) is 5.82 Å². The fourth-order valence-electron chi connectivity index (χ4n) is 0.801. The van der Waals surface area contributed by atoms with Crippen molar-refractivity contribution in [2.45, 2.75) is 0 Å². The van der Waals surface area contributed by atoms with Gasteiger partial charge in [-0.3, -0.25) is 25.2 Å². The Morgan fingerprint density at radius 1 is 1.64 bits per heavy atom. The monoisotopic (exact) mass is 215 g/mol. The van der Waals surface area contributed by atoms with E-state index in [1.54, 1.807) is 0 Å². The van der Waals surface area contributed by atoms with E-state index in [4.69, 9.17) is 5.73 Å². The van der Waals surface area contributed by atoms with E-state index in [1.165, 1.54) is 17.7 Å². The van der Waals surface area contributed by atoms with Crippen LogP contribution in [0.15, 0.2) is 15.7 Å². The van der Waals surface area contributed by atoms with Crippen molar-refractivity contribution in [3.05, 3.63) is 26.9 Å². The largest absolute Gasteiger partial charge is 0.375 e. The SMILES string of the molecule is Cn1c(NNC(N)=S)cc(=O)[nH]c1=O. The zero-order valence-electron chi connectivity index (χ0n) is 7.33. The molecule has 0 saturated carbocycles. The number of rotatable bonds is 2. The summed E-state index contributed by atoms with van der Waals surface area (Å²) in [5, 5.41) is 0.0118. The van der Waals surface area contributed by atoms with Gasteiger partial charge in [0.2, 0.25) is 0 Å². The van der Waals surface area contributed by atoms with Gasteiger partial charge in [0.15, 0.2) is 5.11 Å². The average Bonchev–Trinajstić information content (AvgIpc) is 2.08. The third-order valence-electron chi connectivity index (χ3n) is 1.48. The van der Waals surface area contributed by atoms with Gasteiger partial charge < -0.3 is 5.73 Å². The molecule has 5 N–H and O–H groups in total. The van der Waals surface area contributed by atoms with Crippen LogP contribution in [0.1, 0.15) is 0 Å². The first-order valence-electron chi connectivity index (χ1n) is 3.62. The number of H-pyrrole nitrogens is 1. The molecule has 0 saturated heterocycles. The van der Waals surface area contributed by atoms with Crippen LogP contribution in [-0.2, 0) is 7.05 Å². The zero-order valence-corrected chi connectivity index (χ0v) is 8.14. The Morgan fingerprint density at radius 3 is 2.86 bits per heavy atom. The molecule has 14 heavy (non-hydrogen) atoms. The fourth-order valence-corrected chi connectivity index (χ4v) is 0.852. The summed E-state index contributed by atoms with van der Waals surface area (Å²) >= 11 is 4.53. The normalized spacial score (nSPS) is 9.50. The summed E-state index contributed by atoms with van der Waals surface area (Å²) in [6, 6.07) is 1.20. The Labute approximate surface area is 83.9 Å². The van der Waals surface area contributed by atoms with Crippen molar-refractivity contribution < 1.29 is 0 Å². The van der Waals surface area contributed by atoms with Crippen molar-refractivity contribution in [2.75, 3.05) is 5.43 Å². The number of aromatic nitrogens is 2. The van der Waals surface area contributed by atoms with E-state index < -0.39 is 11.2 Å². The summed E-state index contributed by atoms with van der Waals surface area (Å²) < 4.78 is 1.20. The summed E-state index contributed by atoms with van der Waals surface area (Å²) in [4.78, 5) is 24.1. The van der Waals surface area contributed by atoms with Crippen LogP contribution in [0.2, 0.25) is 0 Å². The zero-order chi connectivity index (χ0) is 10.7. The minimum Gasteiger partial charge on any atom is -0.375 e. The third-order valence-corrected chi connectivity index (χ3v) is 1.58. The Kier molecular flexibility index (Phi) is 2.87. The van der Waals surface area contributed by atoms with E-state index in [2.05, 4.69) is 28.1 Å². The van der Waals surface area contributed by atoms with Crippen molar-refractivity contribution in [2.24, 2.45) is 12.8 Å². The lowest BCUT2D eigenvalue weighted by Crippen LogP contribution is -2.38. The quantitative estimate of drug-likeness (QED) is 0.344. The first-order valence-corrected chi connectivity index (χ1v) is 4.03. The highest BCUT2D eigenvalue weighted by molar-refractivity contribution is 7.80. The van der Waals surface area contributed by atoms with E-state index >= 15 is 0 Å². The maximum atomic E-state index is 11.1. The molecule has 0 spiro atoms. The number of thiocarbonyl (C=S) groups is 1. The number of nitrogens with two attached hydrogens (primary N) is 1. The van der Waals surface area contributed by atoms with E-state index in [-0.39, 0.29) is 10.9 Å². The fraction of sp³-hybridized carbons (Fsp3) is 0.167. The number of hydrogen-bond donors (Lipinski definition) is 4. The molecule has 0 aromatic carbocycles. The standard InChI is InChI=1S/C6H9N5O2S/c1-11-3(9-10-5(7)14)2-4(12)8-6(11)13/h2,9H,1H3,(H3,7,10,14)(H,8,12,13). The Balaban J connectivity index is 3.03. The second-order valence-corrected chi connectivity index (χ2v) is 2.94. The van der Waals surface area contributed by atoms with Gasteiger partial charge in [-0.15, -0.1) is 0 Å². The number of nitrogens with one attached hydrogen (secondary N) is 3. The topological polar surface area (TPSA) is 105 Å². The van der Waals surface area contributed by atoms with Gasteiger partial charge in [0.1, 0.15) is 5.82 Å². The van der Waals surface area contributed by atoms with E-state index in [0.717, 1.165) is 0 Å². The summed E-state index contributed by atoms with van der Waals surface area (Å²) in [6.45, 7) is 0. The maximum Gasteiger partial charge on any atom is 0.329 e. The lowest BCUT2D eigenvalue weighted by Gasteiger charge is -2.10. The predicted octanol–water partition coefficient (Wildman–Crippen LogP) is -1.77. The Hall–Kier alpha value is -1.83. The van der Waals surface area contributed by atoms with Crippen molar-refractivity contribution in [3.8, 4) is 0 Å². The molecule has 1 aromatic heterocycles. The molecule has 8 heteroatoms. The molecule has 0 bridgehead atoms. The molecule has 0 aliphatic carbocycles. The van der Waals surface area contributed by atoms with Crippen LogP contribution in [0.3, 0.4) is 0 Å². The molecule has 0 aliphatic rings. The lowest BCUT2D eigenvalue weighted by atomic mass is 10.6. The molecule has 0 amide bonds. The lowest BCUT2D eigenvalue weighted by molar-refractivity contribution is 0.795. The molecule has 1 rings (SSSR count). The molecule has 0 radical (unpaired) electrons. The van der Waals surface area contributed by atoms with Gasteiger partial charge in [0.25, 0.3) is 5.56 Å². The Morgan fingerprint density at radius 2 is 2.29 bits per heavy atom. The molecule has 76 valence electrons. The highest BCUT2D eigenvalue weighted by Gasteiger charge is 2.00. The van der Waals surface area contributed by atoms with Gasteiger partial charge in [0, 0.05) is 13.1 Å². The van der Waals surface area contributed by atoms with Gasteiger partial charge in [-0.05, 0) is 12.2 Å².